The van der Waals surface area contributed by atoms with E-state index >= 15 is 0 Å². The van der Waals surface area contributed by atoms with Gasteiger partial charge < -0.3 is 0 Å². The SMILES string of the molecule is O=[N+]([O-])c1cc(C=CCCl)ccc1Br. The summed E-state index contributed by atoms with van der Waals surface area (Å²) in [5, 5.41) is 10.6. The van der Waals surface area contributed by atoms with Crippen LogP contribution in [0.25, 0.3) is 6.08 Å². The molecule has 0 unspecified atom stereocenters. The highest BCUT2D eigenvalue weighted by Crippen LogP contribution is 2.25. The van der Waals surface area contributed by atoms with E-state index in [0.29, 0.717) is 10.4 Å². The second-order valence-corrected chi connectivity index (χ2v) is 3.69. The van der Waals surface area contributed by atoms with Crippen LogP contribution < -0.4 is 0 Å². The van der Waals surface area contributed by atoms with Crippen LogP contribution in [0.2, 0.25) is 0 Å². The first-order valence-corrected chi connectivity index (χ1v) is 5.14. The fourth-order valence-electron chi connectivity index (χ4n) is 0.954. The Labute approximate surface area is 94.7 Å². The highest BCUT2D eigenvalue weighted by molar-refractivity contribution is 9.10. The normalized spacial score (nSPS) is 10.7. The van der Waals surface area contributed by atoms with E-state index in [9.17, 15) is 10.1 Å². The van der Waals surface area contributed by atoms with Crippen molar-refractivity contribution in [1.82, 2.24) is 0 Å². The molecule has 0 amide bonds. The Bertz CT molecular complexity index is 379. The van der Waals surface area contributed by atoms with Crippen LogP contribution in [0.4, 0.5) is 5.69 Å². The molecule has 0 heterocycles. The van der Waals surface area contributed by atoms with Crippen molar-refractivity contribution in [2.45, 2.75) is 0 Å². The van der Waals surface area contributed by atoms with E-state index in [2.05, 4.69) is 15.9 Å². The van der Waals surface area contributed by atoms with E-state index in [1.165, 1.54) is 6.07 Å². The van der Waals surface area contributed by atoms with Gasteiger partial charge in [-0.15, -0.1) is 11.6 Å². The Morgan fingerprint density at radius 2 is 2.29 bits per heavy atom. The van der Waals surface area contributed by atoms with E-state index in [4.69, 9.17) is 11.6 Å². The Morgan fingerprint density at radius 1 is 1.57 bits per heavy atom. The van der Waals surface area contributed by atoms with Crippen LogP contribution in [0.5, 0.6) is 0 Å². The molecular weight excluding hydrogens is 269 g/mol. The molecule has 0 bridgehead atoms. The molecular formula is C9H7BrClNO2. The lowest BCUT2D eigenvalue weighted by Crippen LogP contribution is -1.89. The van der Waals surface area contributed by atoms with E-state index in [0.717, 1.165) is 5.56 Å². The van der Waals surface area contributed by atoms with Gasteiger partial charge in [0.2, 0.25) is 0 Å². The minimum atomic E-state index is -0.428. The summed E-state index contributed by atoms with van der Waals surface area (Å²) in [5.74, 6) is 0.393. The van der Waals surface area contributed by atoms with Crippen LogP contribution >= 0.6 is 27.5 Å². The Balaban J connectivity index is 3.06. The maximum atomic E-state index is 10.6. The molecule has 1 aromatic carbocycles. The average molecular weight is 277 g/mol. The van der Waals surface area contributed by atoms with Crippen LogP contribution in [-0.2, 0) is 0 Å². The first kappa shape index (κ1) is 11.2. The summed E-state index contributed by atoms with van der Waals surface area (Å²) in [6.07, 6.45) is 3.47. The molecule has 0 fully saturated rings. The molecule has 0 atom stereocenters. The van der Waals surface area contributed by atoms with Crippen molar-refractivity contribution in [1.29, 1.82) is 0 Å². The molecule has 0 aliphatic heterocycles. The standard InChI is InChI=1S/C9H7BrClNO2/c10-8-4-3-7(2-1-5-11)6-9(8)12(13)14/h1-4,6H,5H2. The van der Waals surface area contributed by atoms with Crippen molar-refractivity contribution in [2.24, 2.45) is 0 Å². The average Bonchev–Trinajstić information content (AvgIpc) is 2.16. The number of halogens is 2. The van der Waals surface area contributed by atoms with Crippen molar-refractivity contribution in [3.05, 3.63) is 44.4 Å². The second-order valence-electron chi connectivity index (χ2n) is 2.52. The largest absolute Gasteiger partial charge is 0.284 e. The molecule has 0 aliphatic rings. The lowest BCUT2D eigenvalue weighted by Gasteiger charge is -1.96. The number of nitro groups is 1. The fourth-order valence-corrected chi connectivity index (χ4v) is 1.43. The smallest absolute Gasteiger partial charge is 0.258 e. The number of rotatable bonds is 3. The third-order valence-corrected chi connectivity index (χ3v) is 2.42. The maximum Gasteiger partial charge on any atom is 0.284 e. The van der Waals surface area contributed by atoms with E-state index < -0.39 is 4.92 Å². The van der Waals surface area contributed by atoms with Crippen LogP contribution in [-0.4, -0.2) is 10.8 Å². The number of alkyl halides is 1. The van der Waals surface area contributed by atoms with Gasteiger partial charge in [0.15, 0.2) is 0 Å². The number of allylic oxidation sites excluding steroid dienone is 1. The van der Waals surface area contributed by atoms with Crippen LogP contribution in [0, 0.1) is 10.1 Å². The molecule has 5 heteroatoms. The van der Waals surface area contributed by atoms with Gasteiger partial charge in [-0.3, -0.25) is 10.1 Å². The molecule has 0 aliphatic carbocycles. The van der Waals surface area contributed by atoms with Crippen LogP contribution in [0.3, 0.4) is 0 Å². The molecule has 0 spiro atoms. The van der Waals surface area contributed by atoms with Crippen molar-refractivity contribution >= 4 is 39.3 Å². The number of benzene rings is 1. The quantitative estimate of drug-likeness (QED) is 0.481. The molecule has 1 aromatic rings. The predicted molar refractivity (Wildman–Crippen MR) is 60.6 cm³/mol. The lowest BCUT2D eigenvalue weighted by atomic mass is 10.2. The molecule has 0 aromatic heterocycles. The van der Waals surface area contributed by atoms with Gasteiger partial charge in [-0.1, -0.05) is 18.2 Å². The molecule has 14 heavy (non-hydrogen) atoms. The summed E-state index contributed by atoms with van der Waals surface area (Å²) in [6, 6.07) is 4.92. The minimum absolute atomic E-state index is 0.0572. The van der Waals surface area contributed by atoms with E-state index in [1.807, 2.05) is 0 Å². The zero-order chi connectivity index (χ0) is 10.6. The summed E-state index contributed by atoms with van der Waals surface area (Å²) in [6.45, 7) is 0. The van der Waals surface area contributed by atoms with Crippen molar-refractivity contribution in [3.63, 3.8) is 0 Å². The Morgan fingerprint density at radius 3 is 2.86 bits per heavy atom. The number of hydrogen-bond donors (Lipinski definition) is 0. The summed E-state index contributed by atoms with van der Waals surface area (Å²) >= 11 is 8.56. The topological polar surface area (TPSA) is 43.1 Å². The minimum Gasteiger partial charge on any atom is -0.258 e. The molecule has 3 nitrogen and oxygen atoms in total. The third-order valence-electron chi connectivity index (χ3n) is 1.57. The predicted octanol–water partition coefficient (Wildman–Crippen LogP) is 3.61. The Hall–Kier alpha value is -0.870. The van der Waals surface area contributed by atoms with Gasteiger partial charge in [-0.2, -0.15) is 0 Å². The number of nitrogens with zero attached hydrogens (tertiary/aromatic N) is 1. The second kappa shape index (κ2) is 5.12. The van der Waals surface area contributed by atoms with Gasteiger partial charge >= 0.3 is 0 Å². The van der Waals surface area contributed by atoms with Crippen molar-refractivity contribution < 1.29 is 4.92 Å². The van der Waals surface area contributed by atoms with Crippen LogP contribution in [0.1, 0.15) is 5.56 Å². The third kappa shape index (κ3) is 2.82. The molecule has 74 valence electrons. The Kier molecular flexibility index (Phi) is 4.10. The molecule has 0 radical (unpaired) electrons. The molecule has 1 rings (SSSR count). The monoisotopic (exact) mass is 275 g/mol. The fraction of sp³-hybridized carbons (Fsp3) is 0.111. The van der Waals surface area contributed by atoms with Gasteiger partial charge in [-0.25, -0.2) is 0 Å². The zero-order valence-corrected chi connectivity index (χ0v) is 9.46. The van der Waals surface area contributed by atoms with Gasteiger partial charge in [0.05, 0.1) is 9.40 Å². The van der Waals surface area contributed by atoms with Crippen molar-refractivity contribution in [3.8, 4) is 0 Å². The lowest BCUT2D eigenvalue weighted by molar-refractivity contribution is -0.385. The molecule has 0 saturated heterocycles. The highest BCUT2D eigenvalue weighted by atomic mass is 79.9. The summed E-state index contributed by atoms with van der Waals surface area (Å²) < 4.78 is 0.477. The first-order chi connectivity index (χ1) is 6.65. The van der Waals surface area contributed by atoms with Gasteiger partial charge in [0.1, 0.15) is 0 Å². The van der Waals surface area contributed by atoms with E-state index in [1.54, 1.807) is 24.3 Å². The number of nitro benzene ring substituents is 1. The maximum absolute atomic E-state index is 10.6. The first-order valence-electron chi connectivity index (χ1n) is 3.81. The van der Waals surface area contributed by atoms with Gasteiger partial charge in [0, 0.05) is 11.9 Å². The highest BCUT2D eigenvalue weighted by Gasteiger charge is 2.10. The number of hydrogen-bond acceptors (Lipinski definition) is 2. The van der Waals surface area contributed by atoms with Gasteiger partial charge in [0.25, 0.3) is 5.69 Å². The summed E-state index contributed by atoms with van der Waals surface area (Å²) in [5.41, 5.74) is 0.822. The summed E-state index contributed by atoms with van der Waals surface area (Å²) in [7, 11) is 0. The summed E-state index contributed by atoms with van der Waals surface area (Å²) in [4.78, 5) is 10.1. The van der Waals surface area contributed by atoms with Crippen LogP contribution in [0.15, 0.2) is 28.7 Å². The molecule has 0 saturated carbocycles. The zero-order valence-electron chi connectivity index (χ0n) is 7.11. The van der Waals surface area contributed by atoms with Crippen molar-refractivity contribution in [2.75, 3.05) is 5.88 Å². The van der Waals surface area contributed by atoms with Gasteiger partial charge in [-0.05, 0) is 27.6 Å². The van der Waals surface area contributed by atoms with E-state index in [-0.39, 0.29) is 5.69 Å². The molecule has 0 N–H and O–H groups in total.